The van der Waals surface area contributed by atoms with Crippen molar-refractivity contribution >= 4 is 0 Å². The van der Waals surface area contributed by atoms with Crippen molar-refractivity contribution in [3.8, 4) is 6.07 Å². The number of hydrogen-bond acceptors (Lipinski definition) is 2. The number of nitriles is 1. The molecule has 0 N–H and O–H groups in total. The number of rotatable bonds is 2. The van der Waals surface area contributed by atoms with Crippen molar-refractivity contribution in [1.29, 1.82) is 5.26 Å². The molecule has 12 heavy (non-hydrogen) atoms. The van der Waals surface area contributed by atoms with E-state index in [-0.39, 0.29) is 5.92 Å². The Kier molecular flexibility index (Phi) is 4.10. The van der Waals surface area contributed by atoms with E-state index < -0.39 is 0 Å². The summed E-state index contributed by atoms with van der Waals surface area (Å²) in [5.74, 6) is 0.287. The number of nitrogens with zero attached hydrogens (tertiary/aromatic N) is 1. The van der Waals surface area contributed by atoms with Crippen molar-refractivity contribution in [2.45, 2.75) is 45.1 Å². The summed E-state index contributed by atoms with van der Waals surface area (Å²) in [6, 6.07) is 2.35. The smallest absolute Gasteiger partial charge is 0.0655 e. The normalized spacial score (nSPS) is 30.7. The zero-order valence-electron chi connectivity index (χ0n) is 7.75. The molecule has 0 aromatic heterocycles. The van der Waals surface area contributed by atoms with Gasteiger partial charge < -0.3 is 4.74 Å². The van der Waals surface area contributed by atoms with Gasteiger partial charge >= 0.3 is 0 Å². The molecule has 0 bridgehead atoms. The van der Waals surface area contributed by atoms with Gasteiger partial charge in [0.2, 0.25) is 0 Å². The maximum atomic E-state index is 8.74. The van der Waals surface area contributed by atoms with Crippen LogP contribution in [-0.4, -0.2) is 12.7 Å². The summed E-state index contributed by atoms with van der Waals surface area (Å²) in [5.41, 5.74) is 0. The van der Waals surface area contributed by atoms with Gasteiger partial charge in [0, 0.05) is 12.5 Å². The Morgan fingerprint density at radius 3 is 2.83 bits per heavy atom. The third-order valence-corrected chi connectivity index (χ3v) is 2.50. The molecular formula is C10H17NO. The van der Waals surface area contributed by atoms with Crippen LogP contribution in [0.15, 0.2) is 0 Å². The van der Waals surface area contributed by atoms with Crippen molar-refractivity contribution in [2.75, 3.05) is 6.61 Å². The van der Waals surface area contributed by atoms with Gasteiger partial charge in [-0.25, -0.2) is 0 Å². The van der Waals surface area contributed by atoms with E-state index in [4.69, 9.17) is 10.00 Å². The highest BCUT2D eigenvalue weighted by Gasteiger charge is 2.17. The molecule has 0 aromatic rings. The van der Waals surface area contributed by atoms with E-state index in [1.807, 2.05) is 6.92 Å². The van der Waals surface area contributed by atoms with E-state index in [1.165, 1.54) is 0 Å². The lowest BCUT2D eigenvalue weighted by molar-refractivity contribution is 0.0521. The first kappa shape index (κ1) is 9.54. The molecule has 1 fully saturated rings. The van der Waals surface area contributed by atoms with Gasteiger partial charge in [-0.05, 0) is 39.0 Å². The van der Waals surface area contributed by atoms with Crippen molar-refractivity contribution in [3.63, 3.8) is 0 Å². The predicted molar refractivity (Wildman–Crippen MR) is 47.6 cm³/mol. The average molecular weight is 167 g/mol. The minimum absolute atomic E-state index is 0.287. The quantitative estimate of drug-likeness (QED) is 0.592. The molecule has 0 saturated heterocycles. The highest BCUT2D eigenvalue weighted by Crippen LogP contribution is 2.24. The molecule has 1 saturated carbocycles. The van der Waals surface area contributed by atoms with E-state index in [9.17, 15) is 0 Å². The Morgan fingerprint density at radius 2 is 2.17 bits per heavy atom. The standard InChI is InChI=1S/C10H17NO/c1-2-12-10-5-3-4-9(8-11)6-7-10/h9-10H,2-7H2,1H3. The number of hydrogen-bond donors (Lipinski definition) is 0. The Morgan fingerprint density at radius 1 is 1.33 bits per heavy atom. The molecule has 0 amide bonds. The topological polar surface area (TPSA) is 33.0 Å². The van der Waals surface area contributed by atoms with Crippen LogP contribution in [0.1, 0.15) is 39.0 Å². The molecule has 2 nitrogen and oxygen atoms in total. The lowest BCUT2D eigenvalue weighted by Gasteiger charge is -2.12. The Bertz CT molecular complexity index is 162. The molecule has 1 aliphatic carbocycles. The van der Waals surface area contributed by atoms with Gasteiger partial charge in [-0.3, -0.25) is 0 Å². The van der Waals surface area contributed by atoms with Gasteiger partial charge in [-0.15, -0.1) is 0 Å². The van der Waals surface area contributed by atoms with E-state index in [0.29, 0.717) is 6.10 Å². The van der Waals surface area contributed by atoms with Crippen molar-refractivity contribution in [1.82, 2.24) is 0 Å². The van der Waals surface area contributed by atoms with E-state index in [1.54, 1.807) is 0 Å². The minimum Gasteiger partial charge on any atom is -0.379 e. The van der Waals surface area contributed by atoms with E-state index in [0.717, 1.165) is 38.7 Å². The van der Waals surface area contributed by atoms with E-state index in [2.05, 4.69) is 6.07 Å². The monoisotopic (exact) mass is 167 g/mol. The SMILES string of the molecule is CCOC1CCCC(C#N)CC1. The molecule has 0 radical (unpaired) electrons. The number of ether oxygens (including phenoxy) is 1. The van der Waals surface area contributed by atoms with Gasteiger partial charge in [-0.2, -0.15) is 5.26 Å². The summed E-state index contributed by atoms with van der Waals surface area (Å²) in [7, 11) is 0. The first-order valence-corrected chi connectivity index (χ1v) is 4.88. The largest absolute Gasteiger partial charge is 0.379 e. The van der Waals surface area contributed by atoms with Gasteiger partial charge in [0.25, 0.3) is 0 Å². The van der Waals surface area contributed by atoms with Crippen LogP contribution in [0.25, 0.3) is 0 Å². The van der Waals surface area contributed by atoms with Crippen LogP contribution in [-0.2, 0) is 4.74 Å². The Balaban J connectivity index is 2.30. The highest BCUT2D eigenvalue weighted by atomic mass is 16.5. The Labute approximate surface area is 74.5 Å². The lowest BCUT2D eigenvalue weighted by Crippen LogP contribution is -2.11. The van der Waals surface area contributed by atoms with Crippen LogP contribution < -0.4 is 0 Å². The van der Waals surface area contributed by atoms with Crippen LogP contribution in [0.3, 0.4) is 0 Å². The van der Waals surface area contributed by atoms with Crippen molar-refractivity contribution in [3.05, 3.63) is 0 Å². The second-order valence-electron chi connectivity index (χ2n) is 3.41. The van der Waals surface area contributed by atoms with Crippen LogP contribution in [0, 0.1) is 17.2 Å². The first-order chi connectivity index (χ1) is 5.86. The summed E-state index contributed by atoms with van der Waals surface area (Å²) in [6.07, 6.45) is 5.90. The van der Waals surface area contributed by atoms with Gasteiger partial charge in [0.1, 0.15) is 0 Å². The molecule has 1 rings (SSSR count). The molecule has 1 aliphatic rings. The van der Waals surface area contributed by atoms with Crippen LogP contribution in [0.5, 0.6) is 0 Å². The zero-order chi connectivity index (χ0) is 8.81. The second kappa shape index (κ2) is 5.16. The fourth-order valence-corrected chi connectivity index (χ4v) is 1.80. The summed E-state index contributed by atoms with van der Waals surface area (Å²) in [5, 5.41) is 8.74. The summed E-state index contributed by atoms with van der Waals surface area (Å²) < 4.78 is 5.55. The lowest BCUT2D eigenvalue weighted by atomic mass is 10.0. The molecular weight excluding hydrogens is 150 g/mol. The molecule has 2 heteroatoms. The van der Waals surface area contributed by atoms with Crippen LogP contribution in [0.4, 0.5) is 0 Å². The minimum atomic E-state index is 0.287. The second-order valence-corrected chi connectivity index (χ2v) is 3.41. The van der Waals surface area contributed by atoms with E-state index >= 15 is 0 Å². The van der Waals surface area contributed by atoms with Crippen molar-refractivity contribution < 1.29 is 4.74 Å². The third-order valence-electron chi connectivity index (χ3n) is 2.50. The summed E-state index contributed by atoms with van der Waals surface area (Å²) in [4.78, 5) is 0. The van der Waals surface area contributed by atoms with Crippen LogP contribution >= 0.6 is 0 Å². The average Bonchev–Trinajstić information content (AvgIpc) is 2.31. The zero-order valence-corrected chi connectivity index (χ0v) is 7.75. The molecule has 0 heterocycles. The molecule has 0 aromatic carbocycles. The van der Waals surface area contributed by atoms with Gasteiger partial charge in [-0.1, -0.05) is 0 Å². The summed E-state index contributed by atoms with van der Waals surface area (Å²) in [6.45, 7) is 2.84. The predicted octanol–water partition coefficient (Wildman–Crippen LogP) is 2.50. The maximum Gasteiger partial charge on any atom is 0.0655 e. The fourth-order valence-electron chi connectivity index (χ4n) is 1.80. The molecule has 0 aliphatic heterocycles. The molecule has 2 unspecified atom stereocenters. The molecule has 68 valence electrons. The molecule has 0 spiro atoms. The van der Waals surface area contributed by atoms with Gasteiger partial charge in [0.05, 0.1) is 12.2 Å². The maximum absolute atomic E-state index is 8.74. The first-order valence-electron chi connectivity index (χ1n) is 4.88. The van der Waals surface area contributed by atoms with Gasteiger partial charge in [0.15, 0.2) is 0 Å². The molecule has 2 atom stereocenters. The van der Waals surface area contributed by atoms with Crippen LogP contribution in [0.2, 0.25) is 0 Å². The summed E-state index contributed by atoms with van der Waals surface area (Å²) >= 11 is 0. The highest BCUT2D eigenvalue weighted by molar-refractivity contribution is 4.85. The van der Waals surface area contributed by atoms with Crippen molar-refractivity contribution in [2.24, 2.45) is 5.92 Å². The third kappa shape index (κ3) is 2.83. The Hall–Kier alpha value is -0.550. The fraction of sp³-hybridized carbons (Fsp3) is 0.900.